The van der Waals surface area contributed by atoms with E-state index in [1.165, 1.54) is 18.2 Å². The summed E-state index contributed by atoms with van der Waals surface area (Å²) in [7, 11) is 0. The molecule has 6 heteroatoms. The molecule has 1 fully saturated rings. The SMILES string of the molecule is O=C1CCC(c2noc3ccc(F)cc23)C(=O)N1. The zero-order valence-corrected chi connectivity index (χ0v) is 9.27. The molecule has 1 aliphatic rings. The van der Waals surface area contributed by atoms with Crippen LogP contribution in [0, 0.1) is 5.82 Å². The van der Waals surface area contributed by atoms with Crippen LogP contribution in [0.4, 0.5) is 4.39 Å². The zero-order chi connectivity index (χ0) is 12.7. The Morgan fingerprint density at radius 3 is 3.00 bits per heavy atom. The number of carbonyl (C=O) groups excluding carboxylic acids is 2. The molecular weight excluding hydrogens is 239 g/mol. The molecule has 3 rings (SSSR count). The molecule has 2 aromatic rings. The highest BCUT2D eigenvalue weighted by Crippen LogP contribution is 2.30. The van der Waals surface area contributed by atoms with Crippen molar-refractivity contribution in [2.75, 3.05) is 0 Å². The predicted octanol–water partition coefficient (Wildman–Crippen LogP) is 1.49. The normalized spacial score (nSPS) is 20.2. The molecule has 1 atom stereocenters. The van der Waals surface area contributed by atoms with Crippen LogP contribution in [0.2, 0.25) is 0 Å². The minimum absolute atomic E-state index is 0.250. The van der Waals surface area contributed by atoms with Crippen LogP contribution >= 0.6 is 0 Å². The number of benzene rings is 1. The van der Waals surface area contributed by atoms with Crippen LogP contribution in [-0.2, 0) is 9.59 Å². The van der Waals surface area contributed by atoms with Gasteiger partial charge in [0.05, 0.1) is 5.92 Å². The van der Waals surface area contributed by atoms with Gasteiger partial charge in [-0.1, -0.05) is 5.16 Å². The van der Waals surface area contributed by atoms with Gasteiger partial charge in [0.25, 0.3) is 0 Å². The minimum Gasteiger partial charge on any atom is -0.356 e. The number of piperidine rings is 1. The summed E-state index contributed by atoms with van der Waals surface area (Å²) in [5, 5.41) is 6.54. The van der Waals surface area contributed by atoms with Gasteiger partial charge >= 0.3 is 0 Å². The molecule has 5 nitrogen and oxygen atoms in total. The van der Waals surface area contributed by atoms with Gasteiger partial charge in [-0.25, -0.2) is 4.39 Å². The summed E-state index contributed by atoms with van der Waals surface area (Å²) in [4.78, 5) is 22.8. The fraction of sp³-hybridized carbons (Fsp3) is 0.250. The molecule has 0 aliphatic carbocycles. The number of carbonyl (C=O) groups is 2. The molecule has 2 heterocycles. The lowest BCUT2D eigenvalue weighted by molar-refractivity contribution is -0.134. The number of amides is 2. The first-order valence-corrected chi connectivity index (χ1v) is 5.53. The number of hydrogen-bond acceptors (Lipinski definition) is 4. The Balaban J connectivity index is 2.06. The summed E-state index contributed by atoms with van der Waals surface area (Å²) in [6.07, 6.45) is 0.614. The summed E-state index contributed by atoms with van der Waals surface area (Å²) in [6.45, 7) is 0. The maximum Gasteiger partial charge on any atom is 0.235 e. The lowest BCUT2D eigenvalue weighted by Crippen LogP contribution is -2.39. The van der Waals surface area contributed by atoms with E-state index >= 15 is 0 Å². The predicted molar refractivity (Wildman–Crippen MR) is 59.1 cm³/mol. The van der Waals surface area contributed by atoms with Crippen molar-refractivity contribution in [3.05, 3.63) is 29.7 Å². The lowest BCUT2D eigenvalue weighted by atomic mass is 9.93. The van der Waals surface area contributed by atoms with Gasteiger partial charge in [0.1, 0.15) is 11.5 Å². The lowest BCUT2D eigenvalue weighted by Gasteiger charge is -2.18. The Bertz CT molecular complexity index is 650. The summed E-state index contributed by atoms with van der Waals surface area (Å²) < 4.78 is 18.2. The van der Waals surface area contributed by atoms with E-state index in [-0.39, 0.29) is 12.3 Å². The molecule has 1 aliphatic heterocycles. The smallest absolute Gasteiger partial charge is 0.235 e. The van der Waals surface area contributed by atoms with Crippen LogP contribution in [0.3, 0.4) is 0 Å². The number of nitrogens with one attached hydrogen (secondary N) is 1. The summed E-state index contributed by atoms with van der Waals surface area (Å²) >= 11 is 0. The number of imide groups is 1. The first kappa shape index (κ1) is 10.9. The van der Waals surface area contributed by atoms with Crippen molar-refractivity contribution in [3.63, 3.8) is 0 Å². The number of aromatic nitrogens is 1. The second-order valence-corrected chi connectivity index (χ2v) is 4.21. The van der Waals surface area contributed by atoms with E-state index in [4.69, 9.17) is 4.52 Å². The molecule has 1 unspecified atom stereocenters. The molecule has 2 amide bonds. The van der Waals surface area contributed by atoms with Gasteiger partial charge in [-0.3, -0.25) is 14.9 Å². The van der Waals surface area contributed by atoms with Crippen LogP contribution in [0.15, 0.2) is 22.7 Å². The van der Waals surface area contributed by atoms with E-state index in [0.717, 1.165) is 0 Å². The quantitative estimate of drug-likeness (QED) is 0.776. The highest BCUT2D eigenvalue weighted by Gasteiger charge is 2.31. The maximum absolute atomic E-state index is 13.2. The molecule has 92 valence electrons. The van der Waals surface area contributed by atoms with Gasteiger partial charge in [-0.15, -0.1) is 0 Å². The van der Waals surface area contributed by atoms with Crippen LogP contribution in [0.1, 0.15) is 24.5 Å². The van der Waals surface area contributed by atoms with Crippen molar-refractivity contribution in [2.45, 2.75) is 18.8 Å². The van der Waals surface area contributed by atoms with Gasteiger partial charge in [0.2, 0.25) is 11.8 Å². The first-order valence-electron chi connectivity index (χ1n) is 5.53. The Morgan fingerprint density at radius 1 is 1.39 bits per heavy atom. The van der Waals surface area contributed by atoms with E-state index in [0.29, 0.717) is 23.1 Å². The fourth-order valence-corrected chi connectivity index (χ4v) is 2.14. The van der Waals surface area contributed by atoms with E-state index in [9.17, 15) is 14.0 Å². The average Bonchev–Trinajstić information content (AvgIpc) is 2.72. The molecular formula is C12H9FN2O3. The van der Waals surface area contributed by atoms with Gasteiger partial charge in [0, 0.05) is 11.8 Å². The van der Waals surface area contributed by atoms with Crippen molar-refractivity contribution < 1.29 is 18.5 Å². The number of hydrogen-bond donors (Lipinski definition) is 1. The fourth-order valence-electron chi connectivity index (χ4n) is 2.14. The highest BCUT2D eigenvalue weighted by molar-refractivity contribution is 6.02. The largest absolute Gasteiger partial charge is 0.356 e. The van der Waals surface area contributed by atoms with Crippen LogP contribution in [0.25, 0.3) is 11.0 Å². The molecule has 1 saturated heterocycles. The van der Waals surface area contributed by atoms with Gasteiger partial charge < -0.3 is 4.52 Å². The van der Waals surface area contributed by atoms with E-state index in [2.05, 4.69) is 10.5 Å². The third kappa shape index (κ3) is 1.66. The highest BCUT2D eigenvalue weighted by atomic mass is 19.1. The topological polar surface area (TPSA) is 72.2 Å². The molecule has 1 N–H and O–H groups in total. The third-order valence-corrected chi connectivity index (χ3v) is 3.03. The average molecular weight is 248 g/mol. The van der Waals surface area contributed by atoms with Crippen molar-refractivity contribution in [3.8, 4) is 0 Å². The zero-order valence-electron chi connectivity index (χ0n) is 9.27. The molecule has 1 aromatic carbocycles. The standard InChI is InChI=1S/C12H9FN2O3/c13-6-1-3-9-8(5-6)11(15-18-9)7-2-4-10(16)14-12(7)17/h1,3,5,7H,2,4H2,(H,14,16,17). The van der Waals surface area contributed by atoms with Crippen molar-refractivity contribution in [1.82, 2.24) is 10.5 Å². The first-order chi connectivity index (χ1) is 8.65. The molecule has 18 heavy (non-hydrogen) atoms. The Labute approximate surface area is 101 Å². The van der Waals surface area contributed by atoms with Crippen molar-refractivity contribution in [1.29, 1.82) is 0 Å². The molecule has 0 radical (unpaired) electrons. The van der Waals surface area contributed by atoms with Gasteiger partial charge in [-0.2, -0.15) is 0 Å². The van der Waals surface area contributed by atoms with Crippen LogP contribution in [0.5, 0.6) is 0 Å². The van der Waals surface area contributed by atoms with Gasteiger partial charge in [0.15, 0.2) is 5.58 Å². The second kappa shape index (κ2) is 3.90. The second-order valence-electron chi connectivity index (χ2n) is 4.21. The van der Waals surface area contributed by atoms with E-state index in [1.807, 2.05) is 0 Å². The Kier molecular flexibility index (Phi) is 2.36. The maximum atomic E-state index is 13.2. The van der Waals surface area contributed by atoms with Crippen molar-refractivity contribution in [2.24, 2.45) is 0 Å². The summed E-state index contributed by atoms with van der Waals surface area (Å²) in [5.41, 5.74) is 0.811. The van der Waals surface area contributed by atoms with E-state index < -0.39 is 17.6 Å². The summed E-state index contributed by atoms with van der Waals surface area (Å²) in [5.74, 6) is -1.69. The molecule has 0 bridgehead atoms. The van der Waals surface area contributed by atoms with Gasteiger partial charge in [-0.05, 0) is 24.6 Å². The number of halogens is 1. The number of nitrogens with zero attached hydrogens (tertiary/aromatic N) is 1. The third-order valence-electron chi connectivity index (χ3n) is 3.03. The van der Waals surface area contributed by atoms with Crippen LogP contribution in [-0.4, -0.2) is 17.0 Å². The van der Waals surface area contributed by atoms with Crippen LogP contribution < -0.4 is 5.32 Å². The molecule has 0 saturated carbocycles. The molecule has 1 aromatic heterocycles. The van der Waals surface area contributed by atoms with E-state index in [1.54, 1.807) is 0 Å². The number of fused-ring (bicyclic) bond motifs is 1. The number of rotatable bonds is 1. The molecule has 0 spiro atoms. The Hall–Kier alpha value is -2.24. The van der Waals surface area contributed by atoms with Crippen molar-refractivity contribution >= 4 is 22.8 Å². The minimum atomic E-state index is -0.564. The summed E-state index contributed by atoms with van der Waals surface area (Å²) in [6, 6.07) is 4.01. The Morgan fingerprint density at radius 2 is 2.22 bits per heavy atom. The monoisotopic (exact) mass is 248 g/mol.